The lowest BCUT2D eigenvalue weighted by Gasteiger charge is -2.45. The molecular weight excluding hydrogens is 244 g/mol. The van der Waals surface area contributed by atoms with E-state index in [4.69, 9.17) is 0 Å². The van der Waals surface area contributed by atoms with E-state index in [-0.39, 0.29) is 0 Å². The van der Waals surface area contributed by atoms with E-state index in [1.54, 1.807) is 0 Å². The van der Waals surface area contributed by atoms with E-state index in [1.807, 2.05) is 0 Å². The Bertz CT molecular complexity index is 311. The number of fused-ring (bicyclic) bond motifs is 11. The van der Waals surface area contributed by atoms with Crippen LogP contribution >= 0.6 is 0 Å². The lowest BCUT2D eigenvalue weighted by molar-refractivity contribution is 0.120. The molecule has 20 heavy (non-hydrogen) atoms. The Kier molecular flexibility index (Phi) is 4.05. The van der Waals surface area contributed by atoms with Crippen molar-refractivity contribution in [2.24, 2.45) is 17.8 Å². The van der Waals surface area contributed by atoms with Gasteiger partial charge in [0.15, 0.2) is 0 Å². The number of piperidine rings is 1. The number of hydrogen-bond acceptors (Lipinski definition) is 2. The lowest BCUT2D eigenvalue weighted by atomic mass is 9.72. The molecule has 6 fully saturated rings. The fourth-order valence-corrected chi connectivity index (χ4v) is 5.63. The minimum atomic E-state index is 0.815. The van der Waals surface area contributed by atoms with Crippen LogP contribution in [0.3, 0.4) is 0 Å². The molecule has 4 atom stereocenters. The Morgan fingerprint density at radius 3 is 2.15 bits per heavy atom. The predicted octanol–water partition coefficient (Wildman–Crippen LogP) is 3.47. The first-order chi connectivity index (χ1) is 9.88. The highest BCUT2D eigenvalue weighted by Crippen LogP contribution is 2.37. The van der Waals surface area contributed by atoms with Gasteiger partial charge in [0.2, 0.25) is 0 Å². The zero-order valence-corrected chi connectivity index (χ0v) is 12.9. The van der Waals surface area contributed by atoms with Crippen LogP contribution in [-0.2, 0) is 0 Å². The molecule has 6 aliphatic rings. The van der Waals surface area contributed by atoms with Gasteiger partial charge < -0.3 is 10.6 Å². The lowest BCUT2D eigenvalue weighted by Crippen LogP contribution is -2.55. The Morgan fingerprint density at radius 2 is 1.35 bits per heavy atom. The van der Waals surface area contributed by atoms with Gasteiger partial charge in [0, 0.05) is 18.1 Å². The average Bonchev–Trinajstić information content (AvgIpc) is 2.42. The maximum atomic E-state index is 4.10. The Morgan fingerprint density at radius 1 is 0.600 bits per heavy atom. The van der Waals surface area contributed by atoms with E-state index < -0.39 is 0 Å². The summed E-state index contributed by atoms with van der Waals surface area (Å²) in [6, 6.07) is 2.48. The van der Waals surface area contributed by atoms with Gasteiger partial charge in [-0.2, -0.15) is 0 Å². The van der Waals surface area contributed by atoms with Crippen molar-refractivity contribution in [1.29, 1.82) is 0 Å². The smallest absolute Gasteiger partial charge is 0.0113 e. The maximum absolute atomic E-state index is 4.10. The summed E-state index contributed by atoms with van der Waals surface area (Å²) in [7, 11) is 0. The minimum absolute atomic E-state index is 0.815. The Labute approximate surface area is 124 Å². The van der Waals surface area contributed by atoms with Crippen molar-refractivity contribution in [3.05, 3.63) is 0 Å². The van der Waals surface area contributed by atoms with Crippen LogP contribution in [0.15, 0.2) is 0 Å². The van der Waals surface area contributed by atoms with Crippen molar-refractivity contribution in [2.45, 2.75) is 88.8 Å². The van der Waals surface area contributed by atoms with E-state index in [9.17, 15) is 0 Å². The normalized spacial score (nSPS) is 49.2. The van der Waals surface area contributed by atoms with Crippen molar-refractivity contribution in [2.75, 3.05) is 6.54 Å². The number of rotatable bonds is 1. The molecule has 2 N–H and O–H groups in total. The molecule has 6 rings (SSSR count). The zero-order valence-electron chi connectivity index (χ0n) is 12.9. The van der Waals surface area contributed by atoms with Crippen LogP contribution in [0.1, 0.15) is 70.6 Å². The van der Waals surface area contributed by atoms with Gasteiger partial charge in [-0.1, -0.05) is 6.42 Å². The molecule has 4 bridgehead atoms. The molecule has 0 aromatic carbocycles. The summed E-state index contributed by atoms with van der Waals surface area (Å²) in [6.07, 6.45) is 16.2. The van der Waals surface area contributed by atoms with E-state index in [1.165, 1.54) is 77.2 Å². The topological polar surface area (TPSA) is 24.1 Å². The Balaban J connectivity index is 1.46. The molecule has 0 amide bonds. The van der Waals surface area contributed by atoms with Crippen LogP contribution in [0.5, 0.6) is 0 Å². The van der Waals surface area contributed by atoms with E-state index in [0.717, 1.165) is 35.9 Å². The molecule has 0 aromatic rings. The van der Waals surface area contributed by atoms with Crippen LogP contribution in [0.2, 0.25) is 0 Å². The van der Waals surface area contributed by atoms with Crippen molar-refractivity contribution < 1.29 is 0 Å². The third-order valence-electron chi connectivity index (χ3n) is 6.92. The third-order valence-corrected chi connectivity index (χ3v) is 6.92. The van der Waals surface area contributed by atoms with Gasteiger partial charge in [-0.15, -0.1) is 0 Å². The highest BCUT2D eigenvalue weighted by Gasteiger charge is 2.37. The minimum Gasteiger partial charge on any atom is -0.313 e. The van der Waals surface area contributed by atoms with Crippen molar-refractivity contribution >= 4 is 0 Å². The molecule has 4 unspecified atom stereocenters. The van der Waals surface area contributed by atoms with Crippen molar-refractivity contribution in [3.63, 3.8) is 0 Å². The van der Waals surface area contributed by atoms with Crippen molar-refractivity contribution in [1.82, 2.24) is 10.6 Å². The van der Waals surface area contributed by atoms with Gasteiger partial charge in [0.1, 0.15) is 0 Å². The van der Waals surface area contributed by atoms with Gasteiger partial charge in [0.05, 0.1) is 0 Å². The van der Waals surface area contributed by atoms with Crippen LogP contribution in [0.4, 0.5) is 0 Å². The standard InChI is InChI=1S/C18H32N2/c1-2-14-7-10-17(19-12-14)16(3-1)18-11-6-13-4-8-15(20-18)9-5-13/h13-20H,1-12H2. The van der Waals surface area contributed by atoms with Crippen LogP contribution in [0, 0.1) is 17.8 Å². The number of nitrogens with one attached hydrogen (secondary N) is 2. The molecule has 2 saturated carbocycles. The highest BCUT2D eigenvalue weighted by atomic mass is 15.0. The third kappa shape index (κ3) is 2.78. The first-order valence-electron chi connectivity index (χ1n) is 9.38. The molecular formula is C18H32N2. The van der Waals surface area contributed by atoms with E-state index in [2.05, 4.69) is 10.6 Å². The van der Waals surface area contributed by atoms with Crippen LogP contribution in [-0.4, -0.2) is 24.7 Å². The molecule has 0 spiro atoms. The van der Waals surface area contributed by atoms with Crippen molar-refractivity contribution in [3.8, 4) is 0 Å². The number of hydrogen-bond donors (Lipinski definition) is 2. The summed E-state index contributed by atoms with van der Waals surface area (Å²) in [5, 5.41) is 8.01. The van der Waals surface area contributed by atoms with Crippen LogP contribution < -0.4 is 10.6 Å². The molecule has 2 nitrogen and oxygen atoms in total. The highest BCUT2D eigenvalue weighted by molar-refractivity contribution is 4.95. The Hall–Kier alpha value is -0.0800. The second-order valence-electron chi connectivity index (χ2n) is 8.12. The largest absolute Gasteiger partial charge is 0.313 e. The second kappa shape index (κ2) is 5.96. The fraction of sp³-hybridized carbons (Fsp3) is 1.00. The molecule has 0 aromatic heterocycles. The average molecular weight is 276 g/mol. The molecule has 4 heterocycles. The summed E-state index contributed by atoms with van der Waals surface area (Å²) in [5.74, 6) is 2.97. The SMILES string of the molecule is C1CC2CCC(NC2)C(C2CCC3CCC(CC3)N2)C1. The zero-order chi connectivity index (χ0) is 13.4. The summed E-state index contributed by atoms with van der Waals surface area (Å²) in [4.78, 5) is 0. The molecule has 2 aliphatic carbocycles. The van der Waals surface area contributed by atoms with Gasteiger partial charge in [0.25, 0.3) is 0 Å². The summed E-state index contributed by atoms with van der Waals surface area (Å²) in [6.45, 7) is 1.31. The van der Waals surface area contributed by atoms with E-state index in [0.29, 0.717) is 0 Å². The molecule has 114 valence electrons. The van der Waals surface area contributed by atoms with Gasteiger partial charge in [-0.25, -0.2) is 0 Å². The first kappa shape index (κ1) is 13.6. The molecule has 4 saturated heterocycles. The van der Waals surface area contributed by atoms with E-state index >= 15 is 0 Å². The quantitative estimate of drug-likeness (QED) is 0.766. The maximum Gasteiger partial charge on any atom is 0.0113 e. The monoisotopic (exact) mass is 276 g/mol. The summed E-state index contributed by atoms with van der Waals surface area (Å²) in [5.41, 5.74) is 0. The first-order valence-corrected chi connectivity index (χ1v) is 9.38. The summed E-state index contributed by atoms with van der Waals surface area (Å²) >= 11 is 0. The summed E-state index contributed by atoms with van der Waals surface area (Å²) < 4.78 is 0. The van der Waals surface area contributed by atoms with Gasteiger partial charge >= 0.3 is 0 Å². The van der Waals surface area contributed by atoms with Gasteiger partial charge in [-0.05, 0) is 88.5 Å². The second-order valence-corrected chi connectivity index (χ2v) is 8.12. The van der Waals surface area contributed by atoms with Gasteiger partial charge in [-0.3, -0.25) is 0 Å². The molecule has 4 aliphatic heterocycles. The predicted molar refractivity (Wildman–Crippen MR) is 83.8 cm³/mol. The molecule has 2 heteroatoms. The fourth-order valence-electron chi connectivity index (χ4n) is 5.63. The molecule has 0 radical (unpaired) electrons. The van der Waals surface area contributed by atoms with Crippen LogP contribution in [0.25, 0.3) is 0 Å².